The van der Waals surface area contributed by atoms with Crippen LogP contribution in [0.15, 0.2) is 48.8 Å². The molecule has 0 radical (unpaired) electrons. The van der Waals surface area contributed by atoms with Crippen LogP contribution in [0.4, 0.5) is 4.39 Å². The number of benzene rings is 1. The number of hydrogen-bond acceptors (Lipinski definition) is 4. The SMILES string of the molecule is Cc1cnc(-c2nn(Cc3ccccc3F)c3ncccc23)nc1C. The zero-order chi connectivity index (χ0) is 17.4. The Bertz CT molecular complexity index is 1070. The monoisotopic (exact) mass is 333 g/mol. The van der Waals surface area contributed by atoms with Crippen LogP contribution >= 0.6 is 0 Å². The van der Waals surface area contributed by atoms with Crippen LogP contribution in [0.5, 0.6) is 0 Å². The molecule has 4 rings (SSSR count). The van der Waals surface area contributed by atoms with Crippen molar-refractivity contribution >= 4 is 11.0 Å². The summed E-state index contributed by atoms with van der Waals surface area (Å²) in [5, 5.41) is 5.48. The molecule has 3 heterocycles. The first-order valence-corrected chi connectivity index (χ1v) is 7.99. The molecule has 6 heteroatoms. The third-order valence-corrected chi connectivity index (χ3v) is 4.22. The van der Waals surface area contributed by atoms with Gasteiger partial charge in [0, 0.05) is 23.7 Å². The van der Waals surface area contributed by atoms with Crippen molar-refractivity contribution < 1.29 is 4.39 Å². The third kappa shape index (κ3) is 2.76. The molecule has 0 aliphatic heterocycles. The number of hydrogen-bond donors (Lipinski definition) is 0. The van der Waals surface area contributed by atoms with Gasteiger partial charge < -0.3 is 0 Å². The van der Waals surface area contributed by atoms with Gasteiger partial charge in [0.05, 0.1) is 11.9 Å². The number of nitrogens with zero attached hydrogens (tertiary/aromatic N) is 5. The van der Waals surface area contributed by atoms with Gasteiger partial charge in [-0.1, -0.05) is 18.2 Å². The van der Waals surface area contributed by atoms with Crippen molar-refractivity contribution in [1.29, 1.82) is 0 Å². The molecule has 5 nitrogen and oxygen atoms in total. The molecule has 4 aromatic rings. The van der Waals surface area contributed by atoms with Crippen LogP contribution < -0.4 is 0 Å². The first kappa shape index (κ1) is 15.4. The highest BCUT2D eigenvalue weighted by molar-refractivity contribution is 5.89. The second-order valence-corrected chi connectivity index (χ2v) is 5.93. The molecule has 0 fully saturated rings. The third-order valence-electron chi connectivity index (χ3n) is 4.22. The molecule has 1 aromatic carbocycles. The summed E-state index contributed by atoms with van der Waals surface area (Å²) in [6, 6.07) is 10.5. The van der Waals surface area contributed by atoms with E-state index in [9.17, 15) is 4.39 Å². The highest BCUT2D eigenvalue weighted by Gasteiger charge is 2.16. The van der Waals surface area contributed by atoms with E-state index in [1.807, 2.05) is 32.0 Å². The fourth-order valence-electron chi connectivity index (χ4n) is 2.71. The summed E-state index contributed by atoms with van der Waals surface area (Å²) in [6.45, 7) is 4.21. The summed E-state index contributed by atoms with van der Waals surface area (Å²) >= 11 is 0. The molecule has 0 saturated carbocycles. The van der Waals surface area contributed by atoms with Gasteiger partial charge in [-0.25, -0.2) is 24.0 Å². The zero-order valence-corrected chi connectivity index (χ0v) is 13.9. The van der Waals surface area contributed by atoms with E-state index in [1.54, 1.807) is 29.2 Å². The average molecular weight is 333 g/mol. The fourth-order valence-corrected chi connectivity index (χ4v) is 2.71. The summed E-state index contributed by atoms with van der Waals surface area (Å²) in [5.41, 5.74) is 3.83. The van der Waals surface area contributed by atoms with Crippen molar-refractivity contribution in [2.24, 2.45) is 0 Å². The number of aryl methyl sites for hydroxylation is 2. The van der Waals surface area contributed by atoms with Crippen molar-refractivity contribution in [3.8, 4) is 11.5 Å². The predicted octanol–water partition coefficient (Wildman–Crippen LogP) is 3.69. The van der Waals surface area contributed by atoms with E-state index in [-0.39, 0.29) is 5.82 Å². The van der Waals surface area contributed by atoms with E-state index in [0.717, 1.165) is 16.6 Å². The molecular weight excluding hydrogens is 317 g/mol. The fraction of sp³-hybridized carbons (Fsp3) is 0.158. The molecule has 0 amide bonds. The summed E-state index contributed by atoms with van der Waals surface area (Å²) < 4.78 is 15.7. The zero-order valence-electron chi connectivity index (χ0n) is 13.9. The number of aromatic nitrogens is 5. The molecule has 25 heavy (non-hydrogen) atoms. The molecule has 0 atom stereocenters. The Balaban J connectivity index is 1.87. The second-order valence-electron chi connectivity index (χ2n) is 5.93. The van der Waals surface area contributed by atoms with E-state index >= 15 is 0 Å². The van der Waals surface area contributed by atoms with Gasteiger partial charge in [-0.2, -0.15) is 5.10 Å². The van der Waals surface area contributed by atoms with Crippen molar-refractivity contribution in [2.75, 3.05) is 0 Å². The minimum absolute atomic E-state index is 0.258. The van der Waals surface area contributed by atoms with Gasteiger partial charge >= 0.3 is 0 Å². The number of fused-ring (bicyclic) bond motifs is 1. The van der Waals surface area contributed by atoms with Crippen LogP contribution in [-0.4, -0.2) is 24.7 Å². The van der Waals surface area contributed by atoms with E-state index in [2.05, 4.69) is 20.1 Å². The molecule has 0 N–H and O–H groups in total. The standard InChI is InChI=1S/C19H16FN5/c1-12-10-22-18(23-13(12)2)17-15-7-5-9-21-19(15)25(24-17)11-14-6-3-4-8-16(14)20/h3-10H,11H2,1-2H3. The largest absolute Gasteiger partial charge is 0.242 e. The highest BCUT2D eigenvalue weighted by atomic mass is 19.1. The lowest BCUT2D eigenvalue weighted by Crippen LogP contribution is -2.05. The van der Waals surface area contributed by atoms with Gasteiger partial charge in [0.25, 0.3) is 0 Å². The van der Waals surface area contributed by atoms with Gasteiger partial charge in [-0.15, -0.1) is 0 Å². The summed E-state index contributed by atoms with van der Waals surface area (Å²) in [6.07, 6.45) is 3.49. The first-order chi connectivity index (χ1) is 12.1. The van der Waals surface area contributed by atoms with Crippen molar-refractivity contribution in [3.05, 3.63) is 71.4 Å². The van der Waals surface area contributed by atoms with Crippen LogP contribution in [0, 0.1) is 19.7 Å². The lowest BCUT2D eigenvalue weighted by atomic mass is 10.2. The summed E-state index contributed by atoms with van der Waals surface area (Å²) in [4.78, 5) is 13.4. The summed E-state index contributed by atoms with van der Waals surface area (Å²) in [7, 11) is 0. The minimum atomic E-state index is -0.258. The highest BCUT2D eigenvalue weighted by Crippen LogP contribution is 2.25. The van der Waals surface area contributed by atoms with E-state index in [0.29, 0.717) is 29.3 Å². The molecule has 124 valence electrons. The molecule has 0 spiro atoms. The Morgan fingerprint density at radius 3 is 2.68 bits per heavy atom. The molecule has 0 unspecified atom stereocenters. The van der Waals surface area contributed by atoms with Crippen LogP contribution in [0.3, 0.4) is 0 Å². The van der Waals surface area contributed by atoms with E-state index in [1.165, 1.54) is 6.07 Å². The topological polar surface area (TPSA) is 56.5 Å². The van der Waals surface area contributed by atoms with Gasteiger partial charge in [-0.3, -0.25) is 0 Å². The first-order valence-electron chi connectivity index (χ1n) is 7.99. The minimum Gasteiger partial charge on any atom is -0.242 e. The molecule has 0 bridgehead atoms. The Hall–Kier alpha value is -3.15. The Kier molecular flexibility index (Phi) is 3.72. The molecule has 0 aliphatic carbocycles. The predicted molar refractivity (Wildman–Crippen MR) is 93.5 cm³/mol. The average Bonchev–Trinajstić information content (AvgIpc) is 2.98. The molecule has 0 aliphatic rings. The van der Waals surface area contributed by atoms with Crippen LogP contribution in [0.2, 0.25) is 0 Å². The van der Waals surface area contributed by atoms with Gasteiger partial charge in [0.1, 0.15) is 11.5 Å². The lowest BCUT2D eigenvalue weighted by Gasteiger charge is -2.04. The second kappa shape index (κ2) is 6.05. The van der Waals surface area contributed by atoms with Crippen LogP contribution in [0.1, 0.15) is 16.8 Å². The van der Waals surface area contributed by atoms with Gasteiger partial charge in [0.2, 0.25) is 0 Å². The number of rotatable bonds is 3. The maximum Gasteiger partial charge on any atom is 0.180 e. The lowest BCUT2D eigenvalue weighted by molar-refractivity contribution is 0.589. The Morgan fingerprint density at radius 2 is 1.88 bits per heavy atom. The Labute approximate surface area is 144 Å². The normalized spacial score (nSPS) is 11.2. The maximum absolute atomic E-state index is 14.0. The molecular formula is C19H16FN5. The quantitative estimate of drug-likeness (QED) is 0.574. The smallest absolute Gasteiger partial charge is 0.180 e. The van der Waals surface area contributed by atoms with E-state index in [4.69, 9.17) is 0 Å². The van der Waals surface area contributed by atoms with Crippen molar-refractivity contribution in [3.63, 3.8) is 0 Å². The van der Waals surface area contributed by atoms with Crippen molar-refractivity contribution in [2.45, 2.75) is 20.4 Å². The number of pyridine rings is 1. The van der Waals surface area contributed by atoms with Gasteiger partial charge in [0.15, 0.2) is 11.5 Å². The van der Waals surface area contributed by atoms with Crippen LogP contribution in [0.25, 0.3) is 22.6 Å². The van der Waals surface area contributed by atoms with Crippen LogP contribution in [-0.2, 0) is 6.54 Å². The Morgan fingerprint density at radius 1 is 1.04 bits per heavy atom. The van der Waals surface area contributed by atoms with Crippen molar-refractivity contribution in [1.82, 2.24) is 24.7 Å². The van der Waals surface area contributed by atoms with E-state index < -0.39 is 0 Å². The van der Waals surface area contributed by atoms with Gasteiger partial charge in [-0.05, 0) is 37.6 Å². The molecule has 3 aromatic heterocycles. The summed E-state index contributed by atoms with van der Waals surface area (Å²) in [5.74, 6) is 0.291. The molecule has 0 saturated heterocycles. The maximum atomic E-state index is 14.0. The number of halogens is 1.